The van der Waals surface area contributed by atoms with Crippen LogP contribution in [-0.4, -0.2) is 21.1 Å². The van der Waals surface area contributed by atoms with E-state index in [1.165, 1.54) is 12.1 Å². The van der Waals surface area contributed by atoms with Crippen LogP contribution in [0.25, 0.3) is 0 Å². The third-order valence-corrected chi connectivity index (χ3v) is 6.13. The zero-order valence-electron chi connectivity index (χ0n) is 13.3. The lowest BCUT2D eigenvalue weighted by atomic mass is 9.50. The smallest absolute Gasteiger partial charge is 0.310 e. The van der Waals surface area contributed by atoms with Crippen molar-refractivity contribution in [2.45, 2.75) is 51.4 Å². The lowest BCUT2D eigenvalue weighted by Crippen LogP contribution is -2.52. The lowest BCUT2D eigenvalue weighted by molar-refractivity contribution is -0.386. The van der Waals surface area contributed by atoms with Gasteiger partial charge in [-0.2, -0.15) is 0 Å². The van der Waals surface area contributed by atoms with Gasteiger partial charge in [0.1, 0.15) is 0 Å². The van der Waals surface area contributed by atoms with Crippen molar-refractivity contribution in [2.24, 2.45) is 11.3 Å². The first-order valence-electron chi connectivity index (χ1n) is 7.94. The Morgan fingerprint density at radius 3 is 2.65 bits per heavy atom. The van der Waals surface area contributed by atoms with Crippen molar-refractivity contribution in [1.29, 1.82) is 0 Å². The maximum Gasteiger partial charge on any atom is 0.310 e. The molecule has 0 aliphatic heterocycles. The Bertz CT molecular complexity index is 700. The number of rotatable bonds is 2. The van der Waals surface area contributed by atoms with Gasteiger partial charge < -0.3 is 10.2 Å². The summed E-state index contributed by atoms with van der Waals surface area (Å²) in [4.78, 5) is 22.3. The molecule has 2 aliphatic carbocycles. The van der Waals surface area contributed by atoms with Gasteiger partial charge in [-0.25, -0.2) is 0 Å². The summed E-state index contributed by atoms with van der Waals surface area (Å²) in [5, 5.41) is 30.8. The maximum atomic E-state index is 11.9. The van der Waals surface area contributed by atoms with Gasteiger partial charge in [-0.1, -0.05) is 13.3 Å². The number of nitro benzene ring substituents is 1. The van der Waals surface area contributed by atoms with Crippen LogP contribution in [0.15, 0.2) is 12.1 Å². The van der Waals surface area contributed by atoms with Gasteiger partial charge >= 0.3 is 11.7 Å². The summed E-state index contributed by atoms with van der Waals surface area (Å²) in [5.74, 6) is -1.14. The molecule has 0 unspecified atom stereocenters. The van der Waals surface area contributed by atoms with Crippen molar-refractivity contribution in [1.82, 2.24) is 0 Å². The van der Waals surface area contributed by atoms with E-state index in [9.17, 15) is 25.1 Å². The molecule has 1 aromatic carbocycles. The molecule has 2 N–H and O–H groups in total. The van der Waals surface area contributed by atoms with E-state index in [2.05, 4.69) is 0 Å². The van der Waals surface area contributed by atoms with Crippen molar-refractivity contribution in [2.75, 3.05) is 0 Å². The zero-order chi connectivity index (χ0) is 17.0. The van der Waals surface area contributed by atoms with E-state index >= 15 is 0 Å². The average molecular weight is 319 g/mol. The van der Waals surface area contributed by atoms with Gasteiger partial charge in [-0.3, -0.25) is 14.9 Å². The molecule has 1 saturated carbocycles. The van der Waals surface area contributed by atoms with Crippen molar-refractivity contribution < 1.29 is 19.9 Å². The number of nitrogens with zero attached hydrogens (tertiary/aromatic N) is 1. The zero-order valence-corrected chi connectivity index (χ0v) is 13.3. The predicted molar refractivity (Wildman–Crippen MR) is 83.5 cm³/mol. The van der Waals surface area contributed by atoms with Gasteiger partial charge in [0.25, 0.3) is 0 Å². The van der Waals surface area contributed by atoms with Gasteiger partial charge in [0.2, 0.25) is 0 Å². The first-order valence-corrected chi connectivity index (χ1v) is 7.94. The number of hydrogen-bond donors (Lipinski definition) is 2. The number of benzene rings is 1. The molecule has 1 aromatic rings. The number of phenols is 1. The second-order valence-electron chi connectivity index (χ2n) is 7.34. The Hall–Kier alpha value is -2.11. The number of carboxylic acids is 1. The first kappa shape index (κ1) is 15.8. The molecule has 0 radical (unpaired) electrons. The van der Waals surface area contributed by atoms with Gasteiger partial charge in [0.15, 0.2) is 5.75 Å². The summed E-state index contributed by atoms with van der Waals surface area (Å²) in [6.45, 7) is 3.86. The van der Waals surface area contributed by atoms with Crippen LogP contribution in [0.2, 0.25) is 0 Å². The highest BCUT2D eigenvalue weighted by atomic mass is 16.6. The molecule has 1 fully saturated rings. The molecule has 0 amide bonds. The van der Waals surface area contributed by atoms with Crippen molar-refractivity contribution >= 4 is 11.7 Å². The molecule has 3 rings (SSSR count). The number of phenolic OH excluding ortho intramolecular Hbond substituents is 1. The van der Waals surface area contributed by atoms with Crippen LogP contribution in [0.3, 0.4) is 0 Å². The highest BCUT2D eigenvalue weighted by Gasteiger charge is 2.55. The van der Waals surface area contributed by atoms with Crippen LogP contribution >= 0.6 is 0 Å². The quantitative estimate of drug-likeness (QED) is 0.642. The molecule has 2 aliphatic rings. The van der Waals surface area contributed by atoms with E-state index in [0.717, 1.165) is 24.0 Å². The molecule has 0 saturated heterocycles. The molecule has 23 heavy (non-hydrogen) atoms. The van der Waals surface area contributed by atoms with Gasteiger partial charge in [0.05, 0.1) is 10.3 Å². The van der Waals surface area contributed by atoms with Crippen LogP contribution in [0, 0.1) is 21.4 Å². The fraction of sp³-hybridized carbons (Fsp3) is 0.588. The Balaban J connectivity index is 2.15. The molecule has 0 heterocycles. The van der Waals surface area contributed by atoms with Crippen molar-refractivity contribution in [3.05, 3.63) is 33.4 Å². The average Bonchev–Trinajstić information content (AvgIpc) is 2.46. The molecule has 124 valence electrons. The fourth-order valence-electron chi connectivity index (χ4n) is 4.89. The summed E-state index contributed by atoms with van der Waals surface area (Å²) in [7, 11) is 0. The van der Waals surface area contributed by atoms with E-state index in [4.69, 9.17) is 0 Å². The van der Waals surface area contributed by atoms with Gasteiger partial charge in [-0.15, -0.1) is 0 Å². The third kappa shape index (κ3) is 2.11. The number of aryl methyl sites for hydroxylation is 1. The maximum absolute atomic E-state index is 11.9. The number of aromatic hydroxyl groups is 1. The van der Waals surface area contributed by atoms with E-state index in [1.54, 1.807) is 0 Å². The first-order chi connectivity index (χ1) is 10.7. The minimum absolute atomic E-state index is 0.0328. The second-order valence-corrected chi connectivity index (χ2v) is 7.34. The van der Waals surface area contributed by atoms with Crippen LogP contribution in [-0.2, 0) is 16.6 Å². The molecule has 6 nitrogen and oxygen atoms in total. The molecular weight excluding hydrogens is 298 g/mol. The second kappa shape index (κ2) is 4.94. The van der Waals surface area contributed by atoms with Gasteiger partial charge in [-0.05, 0) is 61.1 Å². The van der Waals surface area contributed by atoms with E-state index in [-0.39, 0.29) is 22.8 Å². The molecule has 0 spiro atoms. The number of aliphatic carboxylic acids is 1. The van der Waals surface area contributed by atoms with Crippen LogP contribution in [0.4, 0.5) is 5.69 Å². The lowest BCUT2D eigenvalue weighted by Gasteiger charge is -2.53. The third-order valence-electron chi connectivity index (χ3n) is 6.13. The van der Waals surface area contributed by atoms with E-state index < -0.39 is 16.3 Å². The molecule has 0 aromatic heterocycles. The number of carboxylic acid groups (broad SMARTS) is 1. The molecular formula is C17H21NO5. The summed E-state index contributed by atoms with van der Waals surface area (Å²) in [5.41, 5.74) is 0.308. The molecule has 6 heteroatoms. The monoisotopic (exact) mass is 319 g/mol. The van der Waals surface area contributed by atoms with Gasteiger partial charge in [0, 0.05) is 6.07 Å². The van der Waals surface area contributed by atoms with Crippen molar-refractivity contribution in [3.63, 3.8) is 0 Å². The SMILES string of the molecule is C[C@@]12CCC[C@](C)(C(=O)O)[C@H]1CCc1cc([N+](=O)[O-])c(O)cc12. The predicted octanol–water partition coefficient (Wildman–Crippen LogP) is 3.40. The number of hydrogen-bond acceptors (Lipinski definition) is 4. The van der Waals surface area contributed by atoms with Crippen molar-refractivity contribution in [3.8, 4) is 5.75 Å². The van der Waals surface area contributed by atoms with Crippen LogP contribution in [0.5, 0.6) is 5.75 Å². The Morgan fingerprint density at radius 2 is 2.04 bits per heavy atom. The number of nitro groups is 1. The Labute approximate surface area is 134 Å². The summed E-state index contributed by atoms with van der Waals surface area (Å²) in [6, 6.07) is 2.95. The number of carbonyl (C=O) groups is 1. The molecule has 0 bridgehead atoms. The summed E-state index contributed by atoms with van der Waals surface area (Å²) < 4.78 is 0. The highest BCUT2D eigenvalue weighted by molar-refractivity contribution is 5.75. The van der Waals surface area contributed by atoms with E-state index in [0.29, 0.717) is 19.3 Å². The molecule has 3 atom stereocenters. The Kier molecular flexibility index (Phi) is 3.39. The summed E-state index contributed by atoms with van der Waals surface area (Å²) >= 11 is 0. The standard InChI is InChI=1S/C17H21NO5/c1-16-6-3-7-17(2,15(20)21)14(16)5-4-10-8-12(18(22)23)13(19)9-11(10)16/h8-9,14,19H,3-7H2,1-2H3,(H,20,21)/t14-,16-,17-/m0/s1. The fourth-order valence-corrected chi connectivity index (χ4v) is 4.89. The topological polar surface area (TPSA) is 101 Å². The van der Waals surface area contributed by atoms with E-state index in [1.807, 2.05) is 13.8 Å². The highest BCUT2D eigenvalue weighted by Crippen LogP contribution is 2.58. The largest absolute Gasteiger partial charge is 0.502 e. The Morgan fingerprint density at radius 1 is 1.35 bits per heavy atom. The summed E-state index contributed by atoms with van der Waals surface area (Å²) in [6.07, 6.45) is 3.60. The minimum Gasteiger partial charge on any atom is -0.502 e. The van der Waals surface area contributed by atoms with Crippen LogP contribution in [0.1, 0.15) is 50.7 Å². The normalized spacial score (nSPS) is 32.7. The number of fused-ring (bicyclic) bond motifs is 3. The van der Waals surface area contributed by atoms with Crippen LogP contribution < -0.4 is 0 Å². The minimum atomic E-state index is -0.790.